The van der Waals surface area contributed by atoms with Crippen molar-refractivity contribution < 1.29 is 24.6 Å². The van der Waals surface area contributed by atoms with Crippen LogP contribution < -0.4 is 0 Å². The normalized spacial score (nSPS) is 10.2. The minimum Gasteiger partial charge on any atom is -0.481 e. The summed E-state index contributed by atoms with van der Waals surface area (Å²) < 4.78 is 0.562. The van der Waals surface area contributed by atoms with Gasteiger partial charge >= 0.3 is 11.9 Å². The largest absolute Gasteiger partial charge is 0.481 e. The molecule has 7 heteroatoms. The van der Waals surface area contributed by atoms with Crippen molar-refractivity contribution in [3.63, 3.8) is 0 Å². The predicted molar refractivity (Wildman–Crippen MR) is 66.2 cm³/mol. The van der Waals surface area contributed by atoms with E-state index < -0.39 is 11.9 Å². The molecule has 0 spiro atoms. The molecule has 0 saturated heterocycles. The Hall–Kier alpha value is -1.38. The Kier molecular flexibility index (Phi) is 4.67. The van der Waals surface area contributed by atoms with Crippen molar-refractivity contribution in [3.05, 3.63) is 20.5 Å². The SMILES string of the molecule is O=Cc1[nH]c(I)c(CC(=O)O)c1CCC(=O)O. The lowest BCUT2D eigenvalue weighted by Crippen LogP contribution is -2.06. The third-order valence-electron chi connectivity index (χ3n) is 2.23. The Morgan fingerprint density at radius 2 is 1.88 bits per heavy atom. The molecule has 0 saturated carbocycles. The molecule has 0 amide bonds. The molecular weight excluding hydrogens is 341 g/mol. The second-order valence-electron chi connectivity index (χ2n) is 3.39. The number of carboxylic acids is 2. The second kappa shape index (κ2) is 5.80. The molecular formula is C10H10INO5. The van der Waals surface area contributed by atoms with E-state index in [4.69, 9.17) is 10.2 Å². The van der Waals surface area contributed by atoms with Crippen LogP contribution in [0, 0.1) is 3.70 Å². The molecule has 0 aromatic carbocycles. The fourth-order valence-electron chi connectivity index (χ4n) is 1.52. The fraction of sp³-hybridized carbons (Fsp3) is 0.300. The number of halogens is 1. The summed E-state index contributed by atoms with van der Waals surface area (Å²) in [7, 11) is 0. The topological polar surface area (TPSA) is 107 Å². The van der Waals surface area contributed by atoms with Gasteiger partial charge in [0.1, 0.15) is 0 Å². The number of hydrogen-bond donors (Lipinski definition) is 3. The van der Waals surface area contributed by atoms with Crippen molar-refractivity contribution in [2.75, 3.05) is 0 Å². The van der Waals surface area contributed by atoms with E-state index in [-0.39, 0.29) is 25.0 Å². The van der Waals surface area contributed by atoms with Gasteiger partial charge in [0.15, 0.2) is 6.29 Å². The van der Waals surface area contributed by atoms with Gasteiger partial charge in [-0.05, 0) is 40.1 Å². The third kappa shape index (κ3) is 3.55. The average Bonchev–Trinajstić information content (AvgIpc) is 2.52. The van der Waals surface area contributed by atoms with Crippen molar-refractivity contribution >= 4 is 40.8 Å². The number of aromatic nitrogens is 1. The lowest BCUT2D eigenvalue weighted by atomic mass is 10.0. The average molecular weight is 351 g/mol. The summed E-state index contributed by atoms with van der Waals surface area (Å²) in [6.07, 6.45) is 0.356. The van der Waals surface area contributed by atoms with Crippen LogP contribution in [0.4, 0.5) is 0 Å². The molecule has 1 aromatic heterocycles. The van der Waals surface area contributed by atoms with Crippen molar-refractivity contribution in [2.24, 2.45) is 0 Å². The molecule has 0 unspecified atom stereocenters. The van der Waals surface area contributed by atoms with Gasteiger partial charge in [-0.15, -0.1) is 0 Å². The number of carbonyl (C=O) groups is 3. The van der Waals surface area contributed by atoms with Crippen LogP contribution in [0.15, 0.2) is 0 Å². The van der Waals surface area contributed by atoms with Gasteiger partial charge in [0.2, 0.25) is 0 Å². The van der Waals surface area contributed by atoms with E-state index in [0.29, 0.717) is 21.1 Å². The summed E-state index contributed by atoms with van der Waals surface area (Å²) in [4.78, 5) is 34.7. The highest BCUT2D eigenvalue weighted by atomic mass is 127. The lowest BCUT2D eigenvalue weighted by Gasteiger charge is -2.01. The molecule has 1 rings (SSSR count). The number of rotatable bonds is 6. The van der Waals surface area contributed by atoms with Crippen LogP contribution in [0.5, 0.6) is 0 Å². The minimum absolute atomic E-state index is 0.138. The number of hydrogen-bond acceptors (Lipinski definition) is 3. The maximum Gasteiger partial charge on any atom is 0.307 e. The maximum atomic E-state index is 10.8. The highest BCUT2D eigenvalue weighted by Crippen LogP contribution is 2.22. The molecule has 0 aliphatic rings. The molecule has 17 heavy (non-hydrogen) atoms. The fourth-order valence-corrected chi connectivity index (χ4v) is 2.32. The van der Waals surface area contributed by atoms with Gasteiger partial charge in [-0.2, -0.15) is 0 Å². The maximum absolute atomic E-state index is 10.8. The predicted octanol–water partition coefficient (Wildman–Crippen LogP) is 1.08. The summed E-state index contributed by atoms with van der Waals surface area (Å²) >= 11 is 1.90. The van der Waals surface area contributed by atoms with Crippen LogP contribution in [0.3, 0.4) is 0 Å². The van der Waals surface area contributed by atoms with Crippen LogP contribution in [0.2, 0.25) is 0 Å². The van der Waals surface area contributed by atoms with Crippen molar-refractivity contribution in [2.45, 2.75) is 19.3 Å². The van der Waals surface area contributed by atoms with Crippen LogP contribution >= 0.6 is 22.6 Å². The molecule has 3 N–H and O–H groups in total. The molecule has 0 aliphatic carbocycles. The first kappa shape index (κ1) is 13.7. The quantitative estimate of drug-likeness (QED) is 0.525. The molecule has 6 nitrogen and oxygen atoms in total. The number of carboxylic acid groups (broad SMARTS) is 2. The van der Waals surface area contributed by atoms with Gasteiger partial charge in [-0.3, -0.25) is 14.4 Å². The number of aromatic amines is 1. The van der Waals surface area contributed by atoms with E-state index in [9.17, 15) is 14.4 Å². The Labute approximate surface area is 110 Å². The smallest absolute Gasteiger partial charge is 0.307 e. The molecule has 92 valence electrons. The molecule has 0 atom stereocenters. The molecule has 0 aliphatic heterocycles. The summed E-state index contributed by atoms with van der Waals surface area (Å²) in [5.41, 5.74) is 1.22. The number of carbonyl (C=O) groups excluding carboxylic acids is 1. The zero-order chi connectivity index (χ0) is 13.0. The number of aldehydes is 1. The first-order valence-corrected chi connectivity index (χ1v) is 5.81. The molecule has 0 bridgehead atoms. The monoisotopic (exact) mass is 351 g/mol. The van der Waals surface area contributed by atoms with Crippen molar-refractivity contribution in [1.29, 1.82) is 0 Å². The summed E-state index contributed by atoms with van der Waals surface area (Å²) in [5.74, 6) is -2.00. The zero-order valence-corrected chi connectivity index (χ0v) is 10.9. The Morgan fingerprint density at radius 3 is 2.35 bits per heavy atom. The van der Waals surface area contributed by atoms with Gasteiger partial charge in [0.25, 0.3) is 0 Å². The van der Waals surface area contributed by atoms with E-state index >= 15 is 0 Å². The van der Waals surface area contributed by atoms with Crippen LogP contribution in [-0.4, -0.2) is 33.4 Å². The van der Waals surface area contributed by atoms with Crippen LogP contribution in [0.25, 0.3) is 0 Å². The molecule has 0 fully saturated rings. The third-order valence-corrected chi connectivity index (χ3v) is 3.15. The van der Waals surface area contributed by atoms with E-state index in [1.54, 1.807) is 0 Å². The van der Waals surface area contributed by atoms with E-state index in [1.807, 2.05) is 22.6 Å². The lowest BCUT2D eigenvalue weighted by molar-refractivity contribution is -0.137. The zero-order valence-electron chi connectivity index (χ0n) is 8.70. The van der Waals surface area contributed by atoms with Gasteiger partial charge in [-0.1, -0.05) is 0 Å². The Bertz CT molecular complexity index is 466. The highest BCUT2D eigenvalue weighted by Gasteiger charge is 2.18. The number of aliphatic carboxylic acids is 2. The highest BCUT2D eigenvalue weighted by molar-refractivity contribution is 14.1. The first-order chi connectivity index (χ1) is 7.95. The number of nitrogens with one attached hydrogen (secondary N) is 1. The first-order valence-electron chi connectivity index (χ1n) is 4.73. The molecule has 1 aromatic rings. The van der Waals surface area contributed by atoms with Gasteiger partial charge in [-0.25, -0.2) is 0 Å². The summed E-state index contributed by atoms with van der Waals surface area (Å²) in [5, 5.41) is 17.4. The van der Waals surface area contributed by atoms with E-state index in [2.05, 4.69) is 4.98 Å². The molecule has 0 radical (unpaired) electrons. The van der Waals surface area contributed by atoms with Gasteiger partial charge in [0, 0.05) is 6.42 Å². The standard InChI is InChI=1S/C10H10INO5/c11-10-6(3-9(16)17)5(1-2-8(14)15)7(4-13)12-10/h4,12H,1-3H2,(H,14,15)(H,16,17). The van der Waals surface area contributed by atoms with Gasteiger partial charge in [0.05, 0.1) is 15.8 Å². The molecule has 1 heterocycles. The minimum atomic E-state index is -1.02. The van der Waals surface area contributed by atoms with Crippen molar-refractivity contribution in [1.82, 2.24) is 4.98 Å². The number of H-pyrrole nitrogens is 1. The van der Waals surface area contributed by atoms with Crippen LogP contribution in [-0.2, 0) is 22.4 Å². The second-order valence-corrected chi connectivity index (χ2v) is 4.47. The Balaban J connectivity index is 3.07. The van der Waals surface area contributed by atoms with E-state index in [0.717, 1.165) is 0 Å². The summed E-state index contributed by atoms with van der Waals surface area (Å²) in [6.45, 7) is 0. The van der Waals surface area contributed by atoms with Gasteiger partial charge < -0.3 is 15.2 Å². The van der Waals surface area contributed by atoms with E-state index in [1.165, 1.54) is 0 Å². The van der Waals surface area contributed by atoms with Crippen LogP contribution in [0.1, 0.15) is 28.0 Å². The summed E-state index contributed by atoms with van der Waals surface area (Å²) in [6, 6.07) is 0. The Morgan fingerprint density at radius 1 is 1.24 bits per heavy atom. The van der Waals surface area contributed by atoms with Crippen molar-refractivity contribution in [3.8, 4) is 0 Å².